The van der Waals surface area contributed by atoms with Crippen LogP contribution in [0.4, 0.5) is 5.69 Å². The molecule has 4 N–H and O–H groups in total. The molecule has 0 saturated heterocycles. The summed E-state index contributed by atoms with van der Waals surface area (Å²) in [5, 5.41) is 9.02. The average Bonchev–Trinajstić information content (AvgIpc) is 2.81. The summed E-state index contributed by atoms with van der Waals surface area (Å²) in [5.74, 6) is -0.303. The summed E-state index contributed by atoms with van der Waals surface area (Å²) in [4.78, 5) is 12.1. The standard InChI is InChI=1S/C11H9BrN4OS/c12-6-1-2-7(10(13)18)9(5-6)15-11(17)8-3-4-14-16-8/h1-5H,(H2,13,18)(H,14,16)(H,15,17). The van der Waals surface area contributed by atoms with E-state index in [9.17, 15) is 4.79 Å². The van der Waals surface area contributed by atoms with E-state index in [0.29, 0.717) is 16.9 Å². The summed E-state index contributed by atoms with van der Waals surface area (Å²) in [6.45, 7) is 0. The molecule has 18 heavy (non-hydrogen) atoms. The highest BCUT2D eigenvalue weighted by Gasteiger charge is 2.11. The number of carbonyl (C=O) groups excluding carboxylic acids is 1. The largest absolute Gasteiger partial charge is 0.389 e. The minimum absolute atomic E-state index is 0.224. The summed E-state index contributed by atoms with van der Waals surface area (Å²) in [7, 11) is 0. The molecule has 0 atom stereocenters. The molecule has 1 amide bonds. The number of amides is 1. The maximum Gasteiger partial charge on any atom is 0.273 e. The number of halogens is 1. The van der Waals surface area contributed by atoms with Gasteiger partial charge in [0.2, 0.25) is 0 Å². The lowest BCUT2D eigenvalue weighted by Gasteiger charge is -2.09. The number of nitrogens with one attached hydrogen (secondary N) is 2. The van der Waals surface area contributed by atoms with E-state index in [1.165, 1.54) is 6.20 Å². The first-order valence-electron chi connectivity index (χ1n) is 4.98. The topological polar surface area (TPSA) is 83.8 Å². The molecular weight excluding hydrogens is 316 g/mol. The predicted octanol–water partition coefficient (Wildman–Crippen LogP) is 2.06. The molecule has 1 aromatic heterocycles. The van der Waals surface area contributed by atoms with Gasteiger partial charge in [-0.15, -0.1) is 0 Å². The molecule has 1 aromatic carbocycles. The Bertz CT molecular complexity index is 597. The van der Waals surface area contributed by atoms with Gasteiger partial charge in [-0.05, 0) is 24.3 Å². The molecule has 0 unspecified atom stereocenters. The molecule has 92 valence electrons. The van der Waals surface area contributed by atoms with E-state index in [1.807, 2.05) is 0 Å². The second-order valence-electron chi connectivity index (χ2n) is 3.48. The third-order valence-electron chi connectivity index (χ3n) is 2.24. The Morgan fingerprint density at radius 2 is 2.22 bits per heavy atom. The van der Waals surface area contributed by atoms with Gasteiger partial charge in [-0.3, -0.25) is 9.89 Å². The van der Waals surface area contributed by atoms with Crippen molar-refractivity contribution in [3.63, 3.8) is 0 Å². The number of nitrogens with zero attached hydrogens (tertiary/aromatic N) is 1. The Labute approximate surface area is 117 Å². The molecule has 5 nitrogen and oxygen atoms in total. The maximum atomic E-state index is 11.9. The van der Waals surface area contributed by atoms with E-state index in [2.05, 4.69) is 31.4 Å². The summed E-state index contributed by atoms with van der Waals surface area (Å²) in [5.41, 5.74) is 7.13. The lowest BCUT2D eigenvalue weighted by atomic mass is 10.1. The van der Waals surface area contributed by atoms with Crippen molar-refractivity contribution in [3.8, 4) is 0 Å². The van der Waals surface area contributed by atoms with Crippen LogP contribution in [0.3, 0.4) is 0 Å². The normalized spacial score (nSPS) is 10.1. The second-order valence-corrected chi connectivity index (χ2v) is 4.83. The number of aromatic amines is 1. The molecular formula is C11H9BrN4OS. The Morgan fingerprint density at radius 3 is 2.83 bits per heavy atom. The molecule has 0 spiro atoms. The van der Waals surface area contributed by atoms with Crippen molar-refractivity contribution in [2.45, 2.75) is 0 Å². The van der Waals surface area contributed by atoms with Crippen LogP contribution >= 0.6 is 28.1 Å². The molecule has 0 aliphatic heterocycles. The highest BCUT2D eigenvalue weighted by molar-refractivity contribution is 9.10. The van der Waals surface area contributed by atoms with Crippen LogP contribution in [0.2, 0.25) is 0 Å². The third-order valence-corrected chi connectivity index (χ3v) is 2.95. The Kier molecular flexibility index (Phi) is 3.73. The lowest BCUT2D eigenvalue weighted by molar-refractivity contribution is 0.102. The molecule has 0 aliphatic rings. The van der Waals surface area contributed by atoms with Gasteiger partial charge in [0, 0.05) is 16.2 Å². The van der Waals surface area contributed by atoms with Crippen LogP contribution in [-0.2, 0) is 0 Å². The summed E-state index contributed by atoms with van der Waals surface area (Å²) < 4.78 is 0.822. The highest BCUT2D eigenvalue weighted by atomic mass is 79.9. The first-order valence-corrected chi connectivity index (χ1v) is 6.18. The van der Waals surface area contributed by atoms with Crippen molar-refractivity contribution < 1.29 is 4.79 Å². The fourth-order valence-corrected chi connectivity index (χ4v) is 1.95. The fourth-order valence-electron chi connectivity index (χ4n) is 1.41. The number of hydrogen-bond acceptors (Lipinski definition) is 3. The number of rotatable bonds is 3. The zero-order chi connectivity index (χ0) is 13.1. The number of aromatic nitrogens is 2. The van der Waals surface area contributed by atoms with Crippen LogP contribution < -0.4 is 11.1 Å². The Balaban J connectivity index is 2.31. The Hall–Kier alpha value is -1.73. The predicted molar refractivity (Wildman–Crippen MR) is 76.6 cm³/mol. The van der Waals surface area contributed by atoms with Crippen LogP contribution in [0.1, 0.15) is 16.1 Å². The van der Waals surface area contributed by atoms with Crippen molar-refractivity contribution in [3.05, 3.63) is 46.2 Å². The molecule has 0 radical (unpaired) electrons. The number of carbonyl (C=O) groups is 1. The zero-order valence-electron chi connectivity index (χ0n) is 9.11. The van der Waals surface area contributed by atoms with Crippen LogP contribution in [0.25, 0.3) is 0 Å². The number of thiocarbonyl (C=S) groups is 1. The smallest absolute Gasteiger partial charge is 0.273 e. The molecule has 7 heteroatoms. The summed E-state index contributed by atoms with van der Waals surface area (Å²) >= 11 is 8.27. The van der Waals surface area contributed by atoms with Gasteiger partial charge in [0.15, 0.2) is 0 Å². The number of hydrogen-bond donors (Lipinski definition) is 3. The SMILES string of the molecule is NC(=S)c1ccc(Br)cc1NC(=O)c1ccn[nH]1. The van der Waals surface area contributed by atoms with Gasteiger partial charge < -0.3 is 11.1 Å². The summed E-state index contributed by atoms with van der Waals surface area (Å²) in [6.07, 6.45) is 1.50. The number of benzene rings is 1. The quantitative estimate of drug-likeness (QED) is 0.754. The number of nitrogens with two attached hydrogens (primary N) is 1. The highest BCUT2D eigenvalue weighted by Crippen LogP contribution is 2.22. The molecule has 2 aromatic rings. The summed E-state index contributed by atoms with van der Waals surface area (Å²) in [6, 6.07) is 6.87. The van der Waals surface area contributed by atoms with E-state index in [4.69, 9.17) is 18.0 Å². The number of H-pyrrole nitrogens is 1. The fraction of sp³-hybridized carbons (Fsp3) is 0. The van der Waals surface area contributed by atoms with Crippen LogP contribution in [0, 0.1) is 0 Å². The van der Waals surface area contributed by atoms with E-state index in [0.717, 1.165) is 4.47 Å². The van der Waals surface area contributed by atoms with E-state index in [-0.39, 0.29) is 10.9 Å². The number of anilines is 1. The van der Waals surface area contributed by atoms with Crippen LogP contribution in [0.15, 0.2) is 34.9 Å². The van der Waals surface area contributed by atoms with Gasteiger partial charge in [0.1, 0.15) is 10.7 Å². The van der Waals surface area contributed by atoms with Gasteiger partial charge in [-0.2, -0.15) is 5.10 Å². The van der Waals surface area contributed by atoms with Crippen molar-refractivity contribution in [1.82, 2.24) is 10.2 Å². The van der Waals surface area contributed by atoms with Crippen molar-refractivity contribution in [2.24, 2.45) is 5.73 Å². The van der Waals surface area contributed by atoms with Gasteiger partial charge in [-0.25, -0.2) is 0 Å². The van der Waals surface area contributed by atoms with E-state index < -0.39 is 0 Å². The molecule has 1 heterocycles. The second kappa shape index (κ2) is 5.28. The minimum Gasteiger partial charge on any atom is -0.389 e. The molecule has 0 saturated carbocycles. The zero-order valence-corrected chi connectivity index (χ0v) is 11.5. The van der Waals surface area contributed by atoms with Gasteiger partial charge >= 0.3 is 0 Å². The monoisotopic (exact) mass is 324 g/mol. The molecule has 2 rings (SSSR count). The van der Waals surface area contributed by atoms with Crippen LogP contribution in [0.5, 0.6) is 0 Å². The third kappa shape index (κ3) is 2.74. The van der Waals surface area contributed by atoms with Crippen molar-refractivity contribution >= 4 is 44.7 Å². The average molecular weight is 325 g/mol. The van der Waals surface area contributed by atoms with E-state index >= 15 is 0 Å². The van der Waals surface area contributed by atoms with Crippen molar-refractivity contribution in [1.29, 1.82) is 0 Å². The first-order chi connectivity index (χ1) is 8.58. The van der Waals surface area contributed by atoms with Gasteiger partial charge in [-0.1, -0.05) is 28.1 Å². The molecule has 0 bridgehead atoms. The van der Waals surface area contributed by atoms with Gasteiger partial charge in [0.25, 0.3) is 5.91 Å². The molecule has 0 fully saturated rings. The minimum atomic E-state index is -0.303. The maximum absolute atomic E-state index is 11.9. The van der Waals surface area contributed by atoms with Crippen LogP contribution in [-0.4, -0.2) is 21.1 Å². The van der Waals surface area contributed by atoms with Gasteiger partial charge in [0.05, 0.1) is 5.69 Å². The van der Waals surface area contributed by atoms with E-state index in [1.54, 1.807) is 24.3 Å². The van der Waals surface area contributed by atoms with Crippen molar-refractivity contribution in [2.75, 3.05) is 5.32 Å². The molecule has 0 aliphatic carbocycles. The lowest BCUT2D eigenvalue weighted by Crippen LogP contribution is -2.18. The Morgan fingerprint density at radius 1 is 1.44 bits per heavy atom. The first kappa shape index (κ1) is 12.7.